The third-order valence-corrected chi connectivity index (χ3v) is 4.16. The molecule has 0 radical (unpaired) electrons. The van der Waals surface area contributed by atoms with Gasteiger partial charge in [0.25, 0.3) is 5.91 Å². The van der Waals surface area contributed by atoms with Crippen molar-refractivity contribution in [3.8, 4) is 0 Å². The molecule has 3 amide bonds. The highest BCUT2D eigenvalue weighted by molar-refractivity contribution is 6.18. The van der Waals surface area contributed by atoms with Crippen LogP contribution in [0.2, 0.25) is 0 Å². The molecule has 0 spiro atoms. The lowest BCUT2D eigenvalue weighted by molar-refractivity contribution is -0.131. The Morgan fingerprint density at radius 2 is 1.79 bits per heavy atom. The molecule has 0 bridgehead atoms. The minimum atomic E-state index is -0.257. The lowest BCUT2D eigenvalue weighted by Gasteiger charge is -2.32. The Bertz CT molecular complexity index is 572. The number of rotatable bonds is 6. The predicted molar refractivity (Wildman–Crippen MR) is 91.9 cm³/mol. The van der Waals surface area contributed by atoms with Gasteiger partial charge in [0, 0.05) is 37.0 Å². The fraction of sp³-hybridized carbons (Fsp3) is 0.471. The smallest absolute Gasteiger partial charge is 0.251 e. The number of likely N-dealkylation sites (tertiary alicyclic amines) is 1. The molecule has 2 N–H and O–H groups in total. The number of hydrogen-bond donors (Lipinski definition) is 2. The first-order valence-corrected chi connectivity index (χ1v) is 8.60. The van der Waals surface area contributed by atoms with Gasteiger partial charge in [0.1, 0.15) is 0 Å². The summed E-state index contributed by atoms with van der Waals surface area (Å²) in [5, 5.41) is 5.56. The molecule has 0 unspecified atom stereocenters. The highest BCUT2D eigenvalue weighted by atomic mass is 35.5. The quantitative estimate of drug-likeness (QED) is 0.755. The van der Waals surface area contributed by atoms with E-state index in [1.54, 1.807) is 29.2 Å². The molecule has 0 aliphatic carbocycles. The van der Waals surface area contributed by atoms with Gasteiger partial charge in [-0.05, 0) is 25.0 Å². The third kappa shape index (κ3) is 5.53. The zero-order valence-electron chi connectivity index (χ0n) is 13.5. The molecule has 2 rings (SSSR count). The summed E-state index contributed by atoms with van der Waals surface area (Å²) in [4.78, 5) is 37.3. The van der Waals surface area contributed by atoms with E-state index < -0.39 is 0 Å². The van der Waals surface area contributed by atoms with Crippen LogP contribution in [0, 0.1) is 0 Å². The van der Waals surface area contributed by atoms with Crippen LogP contribution < -0.4 is 10.6 Å². The Balaban J connectivity index is 1.71. The van der Waals surface area contributed by atoms with Gasteiger partial charge in [-0.25, -0.2) is 0 Å². The first kappa shape index (κ1) is 18.3. The SMILES string of the molecule is O=C(CCCl)NC1CCN(C(=O)CNC(=O)c2ccccc2)CC1. The lowest BCUT2D eigenvalue weighted by Crippen LogP contribution is -2.49. The summed E-state index contributed by atoms with van der Waals surface area (Å²) in [5.74, 6) is -0.105. The molecule has 6 nitrogen and oxygen atoms in total. The topological polar surface area (TPSA) is 78.5 Å². The van der Waals surface area contributed by atoms with Crippen LogP contribution in [-0.2, 0) is 9.59 Å². The van der Waals surface area contributed by atoms with E-state index in [1.807, 2.05) is 6.07 Å². The van der Waals surface area contributed by atoms with Crippen LogP contribution in [0.3, 0.4) is 0 Å². The summed E-state index contributed by atoms with van der Waals surface area (Å²) >= 11 is 5.54. The zero-order valence-corrected chi connectivity index (χ0v) is 14.2. The van der Waals surface area contributed by atoms with Crippen LogP contribution in [-0.4, -0.2) is 54.2 Å². The fourth-order valence-corrected chi connectivity index (χ4v) is 2.79. The molecule has 0 saturated carbocycles. The van der Waals surface area contributed by atoms with Gasteiger partial charge in [-0.3, -0.25) is 14.4 Å². The third-order valence-electron chi connectivity index (χ3n) is 3.97. The van der Waals surface area contributed by atoms with E-state index >= 15 is 0 Å². The van der Waals surface area contributed by atoms with Crippen molar-refractivity contribution in [3.63, 3.8) is 0 Å². The Labute approximate surface area is 146 Å². The number of benzene rings is 1. The largest absolute Gasteiger partial charge is 0.353 e. The highest BCUT2D eigenvalue weighted by Crippen LogP contribution is 2.10. The first-order chi connectivity index (χ1) is 11.6. The number of carbonyl (C=O) groups excluding carboxylic acids is 3. The Hall–Kier alpha value is -2.08. The number of carbonyl (C=O) groups is 3. The van der Waals surface area contributed by atoms with Crippen molar-refractivity contribution < 1.29 is 14.4 Å². The van der Waals surface area contributed by atoms with E-state index in [4.69, 9.17) is 11.6 Å². The summed E-state index contributed by atoms with van der Waals surface area (Å²) in [6.45, 7) is 1.13. The Morgan fingerprint density at radius 1 is 1.12 bits per heavy atom. The van der Waals surface area contributed by atoms with E-state index in [1.165, 1.54) is 0 Å². The van der Waals surface area contributed by atoms with Crippen molar-refractivity contribution >= 4 is 29.3 Å². The molecule has 24 heavy (non-hydrogen) atoms. The normalized spacial score (nSPS) is 15.0. The van der Waals surface area contributed by atoms with Crippen molar-refractivity contribution in [1.29, 1.82) is 0 Å². The van der Waals surface area contributed by atoms with Crippen LogP contribution >= 0.6 is 11.6 Å². The maximum absolute atomic E-state index is 12.2. The number of nitrogens with zero attached hydrogens (tertiary/aromatic N) is 1. The average Bonchev–Trinajstić information content (AvgIpc) is 2.61. The molecule has 0 aromatic heterocycles. The molecular formula is C17H22ClN3O3. The molecule has 0 atom stereocenters. The van der Waals surface area contributed by atoms with E-state index in [0.717, 1.165) is 0 Å². The standard InChI is InChI=1S/C17H22ClN3O3/c18-9-6-15(22)20-14-7-10-21(11-8-14)16(23)12-19-17(24)13-4-2-1-3-5-13/h1-5,14H,6-12H2,(H,19,24)(H,20,22). The van der Waals surface area contributed by atoms with Crippen LogP contribution in [0.15, 0.2) is 30.3 Å². The van der Waals surface area contributed by atoms with Crippen molar-refractivity contribution in [2.75, 3.05) is 25.5 Å². The van der Waals surface area contributed by atoms with Gasteiger partial charge in [-0.2, -0.15) is 0 Å². The second-order valence-corrected chi connectivity index (χ2v) is 6.09. The lowest BCUT2D eigenvalue weighted by atomic mass is 10.0. The molecule has 1 heterocycles. The summed E-state index contributed by atoms with van der Waals surface area (Å²) < 4.78 is 0. The van der Waals surface area contributed by atoms with Gasteiger partial charge in [-0.15, -0.1) is 11.6 Å². The molecular weight excluding hydrogens is 330 g/mol. The number of alkyl halides is 1. The van der Waals surface area contributed by atoms with Gasteiger partial charge < -0.3 is 15.5 Å². The maximum atomic E-state index is 12.2. The van der Waals surface area contributed by atoms with Gasteiger partial charge in [-0.1, -0.05) is 18.2 Å². The van der Waals surface area contributed by atoms with Crippen LogP contribution in [0.1, 0.15) is 29.6 Å². The summed E-state index contributed by atoms with van der Waals surface area (Å²) in [7, 11) is 0. The van der Waals surface area contributed by atoms with Crippen LogP contribution in [0.5, 0.6) is 0 Å². The minimum Gasteiger partial charge on any atom is -0.353 e. The molecule has 130 valence electrons. The van der Waals surface area contributed by atoms with Crippen molar-refractivity contribution in [1.82, 2.24) is 15.5 Å². The molecule has 1 aromatic rings. The van der Waals surface area contributed by atoms with E-state index in [2.05, 4.69) is 10.6 Å². The number of halogens is 1. The second kappa shape index (κ2) is 9.27. The number of hydrogen-bond acceptors (Lipinski definition) is 3. The molecule has 1 aliphatic heterocycles. The van der Waals surface area contributed by atoms with E-state index in [9.17, 15) is 14.4 Å². The van der Waals surface area contributed by atoms with Crippen molar-refractivity contribution in [2.45, 2.75) is 25.3 Å². The van der Waals surface area contributed by atoms with E-state index in [-0.39, 0.29) is 30.3 Å². The maximum Gasteiger partial charge on any atom is 0.251 e. The summed E-state index contributed by atoms with van der Waals surface area (Å²) in [5.41, 5.74) is 0.533. The Kier molecular flexibility index (Phi) is 7.06. The average molecular weight is 352 g/mol. The van der Waals surface area contributed by atoms with Gasteiger partial charge >= 0.3 is 0 Å². The van der Waals surface area contributed by atoms with Crippen molar-refractivity contribution in [2.24, 2.45) is 0 Å². The number of piperidine rings is 1. The number of nitrogens with one attached hydrogen (secondary N) is 2. The minimum absolute atomic E-state index is 0.0169. The fourth-order valence-electron chi connectivity index (χ4n) is 2.62. The second-order valence-electron chi connectivity index (χ2n) is 5.71. The van der Waals surface area contributed by atoms with Crippen LogP contribution in [0.4, 0.5) is 0 Å². The van der Waals surface area contributed by atoms with Gasteiger partial charge in [0.15, 0.2) is 0 Å². The van der Waals surface area contributed by atoms with Crippen molar-refractivity contribution in [3.05, 3.63) is 35.9 Å². The molecule has 1 fully saturated rings. The molecule has 1 aromatic carbocycles. The molecule has 1 aliphatic rings. The zero-order chi connectivity index (χ0) is 17.4. The van der Waals surface area contributed by atoms with Gasteiger partial charge in [0.2, 0.25) is 11.8 Å². The van der Waals surface area contributed by atoms with Crippen LogP contribution in [0.25, 0.3) is 0 Å². The van der Waals surface area contributed by atoms with Gasteiger partial charge in [0.05, 0.1) is 6.54 Å². The summed E-state index contributed by atoms with van der Waals surface area (Å²) in [6, 6.07) is 8.88. The summed E-state index contributed by atoms with van der Waals surface area (Å²) in [6.07, 6.45) is 1.74. The number of amides is 3. The molecule has 7 heteroatoms. The van der Waals surface area contributed by atoms with E-state index in [0.29, 0.717) is 43.8 Å². The highest BCUT2D eigenvalue weighted by Gasteiger charge is 2.23. The molecule has 1 saturated heterocycles. The monoisotopic (exact) mass is 351 g/mol. The first-order valence-electron chi connectivity index (χ1n) is 8.06. The Morgan fingerprint density at radius 3 is 2.42 bits per heavy atom. The predicted octanol–water partition coefficient (Wildman–Crippen LogP) is 1.15.